The first-order valence-electron chi connectivity index (χ1n) is 10.9. The molecule has 1 aromatic carbocycles. The van der Waals surface area contributed by atoms with Crippen LogP contribution in [0.4, 0.5) is 0 Å². The van der Waals surface area contributed by atoms with Crippen molar-refractivity contribution >= 4 is 11.8 Å². The van der Waals surface area contributed by atoms with Crippen molar-refractivity contribution in [3.63, 3.8) is 0 Å². The summed E-state index contributed by atoms with van der Waals surface area (Å²) in [6.45, 7) is 5.68. The molecule has 5 rings (SSSR count). The van der Waals surface area contributed by atoms with E-state index in [9.17, 15) is 9.59 Å². The van der Waals surface area contributed by atoms with Crippen molar-refractivity contribution in [1.29, 1.82) is 0 Å². The van der Waals surface area contributed by atoms with Crippen LogP contribution >= 0.6 is 0 Å². The third-order valence-corrected chi connectivity index (χ3v) is 7.08. The molecule has 7 nitrogen and oxygen atoms in total. The molecule has 30 heavy (non-hydrogen) atoms. The Kier molecular flexibility index (Phi) is 4.92. The van der Waals surface area contributed by atoms with Gasteiger partial charge in [0.2, 0.25) is 11.8 Å². The summed E-state index contributed by atoms with van der Waals surface area (Å²) in [5.41, 5.74) is 7.91. The summed E-state index contributed by atoms with van der Waals surface area (Å²) in [6, 6.07) is 8.22. The zero-order valence-corrected chi connectivity index (χ0v) is 17.6. The SMILES string of the molecule is Cc1cccc(CN2C[C@@]34C=C[C@@H](O3)C(C(=O)N(C)CCC3CNNC3)C4C2=O)c1. The standard InChI is InChI=1S/C23H30N4O3/c1-15-4-3-5-16(10-15)13-27-14-23-8-6-18(30-23)19(20(23)22(27)29)21(28)26(2)9-7-17-11-24-25-12-17/h3-6,8,10,17-20,24-25H,7,9,11-14H2,1-2H3/t18-,19?,20?,23-/m1/s1. The van der Waals surface area contributed by atoms with Crippen LogP contribution in [-0.2, 0) is 20.9 Å². The molecule has 2 N–H and O–H groups in total. The molecule has 0 aromatic heterocycles. The van der Waals surface area contributed by atoms with Crippen LogP contribution in [0.2, 0.25) is 0 Å². The largest absolute Gasteiger partial charge is 0.360 e. The van der Waals surface area contributed by atoms with Crippen LogP contribution in [0.5, 0.6) is 0 Å². The van der Waals surface area contributed by atoms with E-state index in [4.69, 9.17) is 4.74 Å². The molecule has 4 heterocycles. The van der Waals surface area contributed by atoms with Crippen LogP contribution in [0, 0.1) is 24.7 Å². The lowest BCUT2D eigenvalue weighted by Gasteiger charge is -2.28. The molecule has 0 radical (unpaired) electrons. The fourth-order valence-electron chi connectivity index (χ4n) is 5.48. The Labute approximate surface area is 177 Å². The van der Waals surface area contributed by atoms with E-state index < -0.39 is 17.4 Å². The lowest BCUT2D eigenvalue weighted by atomic mass is 9.76. The van der Waals surface area contributed by atoms with Gasteiger partial charge in [-0.3, -0.25) is 20.4 Å². The van der Waals surface area contributed by atoms with Gasteiger partial charge in [0, 0.05) is 33.2 Å². The lowest BCUT2D eigenvalue weighted by Crippen LogP contribution is -2.45. The summed E-state index contributed by atoms with van der Waals surface area (Å²) in [5, 5.41) is 0. The molecule has 0 saturated carbocycles. The van der Waals surface area contributed by atoms with E-state index in [1.807, 2.05) is 36.2 Å². The second kappa shape index (κ2) is 7.48. The summed E-state index contributed by atoms with van der Waals surface area (Å²) in [7, 11) is 1.85. The number of likely N-dealkylation sites (tertiary alicyclic amines) is 1. The van der Waals surface area contributed by atoms with Crippen LogP contribution in [0.3, 0.4) is 0 Å². The molecule has 4 atom stereocenters. The number of ether oxygens (including phenoxy) is 1. The number of hydrogen-bond acceptors (Lipinski definition) is 5. The Morgan fingerprint density at radius 2 is 2.13 bits per heavy atom. The first-order chi connectivity index (χ1) is 14.5. The molecule has 3 saturated heterocycles. The van der Waals surface area contributed by atoms with Crippen LogP contribution in [0.1, 0.15) is 17.5 Å². The number of nitrogens with one attached hydrogen (secondary N) is 2. The molecule has 1 aromatic rings. The molecule has 2 bridgehead atoms. The highest BCUT2D eigenvalue weighted by molar-refractivity contribution is 5.93. The van der Waals surface area contributed by atoms with Gasteiger partial charge in [-0.2, -0.15) is 0 Å². The van der Waals surface area contributed by atoms with Gasteiger partial charge in [-0.15, -0.1) is 0 Å². The molecule has 3 fully saturated rings. The zero-order valence-electron chi connectivity index (χ0n) is 17.6. The van der Waals surface area contributed by atoms with Crippen molar-refractivity contribution in [2.24, 2.45) is 17.8 Å². The Morgan fingerprint density at radius 3 is 2.90 bits per heavy atom. The number of carbonyl (C=O) groups is 2. The van der Waals surface area contributed by atoms with Crippen molar-refractivity contribution in [2.75, 3.05) is 33.2 Å². The minimum atomic E-state index is -0.647. The maximum atomic E-state index is 13.4. The highest BCUT2D eigenvalue weighted by atomic mass is 16.5. The van der Waals surface area contributed by atoms with E-state index >= 15 is 0 Å². The van der Waals surface area contributed by atoms with Crippen molar-refractivity contribution in [3.8, 4) is 0 Å². The van der Waals surface area contributed by atoms with Gasteiger partial charge in [0.1, 0.15) is 5.60 Å². The van der Waals surface area contributed by atoms with Crippen LogP contribution in [0.15, 0.2) is 36.4 Å². The second-order valence-corrected chi connectivity index (χ2v) is 9.26. The summed E-state index contributed by atoms with van der Waals surface area (Å²) < 4.78 is 6.27. The smallest absolute Gasteiger partial charge is 0.230 e. The first kappa shape index (κ1) is 19.7. The van der Waals surface area contributed by atoms with E-state index in [0.717, 1.165) is 25.1 Å². The zero-order chi connectivity index (χ0) is 20.9. The van der Waals surface area contributed by atoms with E-state index in [1.54, 1.807) is 4.90 Å². The minimum Gasteiger partial charge on any atom is -0.360 e. The van der Waals surface area contributed by atoms with Gasteiger partial charge in [0.25, 0.3) is 0 Å². The summed E-state index contributed by atoms with van der Waals surface area (Å²) >= 11 is 0. The third-order valence-electron chi connectivity index (χ3n) is 7.08. The second-order valence-electron chi connectivity index (χ2n) is 9.26. The normalized spacial score (nSPS) is 32.3. The van der Waals surface area contributed by atoms with Crippen molar-refractivity contribution < 1.29 is 14.3 Å². The van der Waals surface area contributed by atoms with Gasteiger partial charge < -0.3 is 14.5 Å². The summed E-state index contributed by atoms with van der Waals surface area (Å²) in [5.74, 6) is -0.238. The van der Waals surface area contributed by atoms with Crippen molar-refractivity contribution in [3.05, 3.63) is 47.5 Å². The molecule has 0 aliphatic carbocycles. The molecular weight excluding hydrogens is 380 g/mol. The van der Waals surface area contributed by atoms with Gasteiger partial charge >= 0.3 is 0 Å². The van der Waals surface area contributed by atoms with Crippen LogP contribution in [0.25, 0.3) is 0 Å². The third kappa shape index (κ3) is 3.25. The molecule has 7 heteroatoms. The first-order valence-corrected chi connectivity index (χ1v) is 10.9. The molecule has 4 aliphatic rings. The average molecular weight is 411 g/mol. The lowest BCUT2D eigenvalue weighted by molar-refractivity contribution is -0.142. The maximum Gasteiger partial charge on any atom is 0.230 e. The summed E-state index contributed by atoms with van der Waals surface area (Å²) in [6.07, 6.45) is 4.67. The number of carbonyl (C=O) groups excluding carboxylic acids is 2. The van der Waals surface area contributed by atoms with Gasteiger partial charge in [-0.1, -0.05) is 42.0 Å². The number of benzene rings is 1. The van der Waals surface area contributed by atoms with E-state index in [0.29, 0.717) is 25.6 Å². The predicted octanol–water partition coefficient (Wildman–Crippen LogP) is 0.850. The average Bonchev–Trinajstić information content (AvgIpc) is 3.49. The highest BCUT2D eigenvalue weighted by Crippen LogP contribution is 2.52. The number of hydrogen-bond donors (Lipinski definition) is 2. The minimum absolute atomic E-state index is 0.0286. The number of aryl methyl sites for hydroxylation is 1. The quantitative estimate of drug-likeness (QED) is 0.681. The van der Waals surface area contributed by atoms with Crippen LogP contribution in [-0.4, -0.2) is 66.5 Å². The maximum absolute atomic E-state index is 13.4. The predicted molar refractivity (Wildman–Crippen MR) is 112 cm³/mol. The number of fused-ring (bicyclic) bond motifs is 1. The molecule has 2 unspecified atom stereocenters. The number of nitrogens with zero attached hydrogens (tertiary/aromatic N) is 2. The van der Waals surface area contributed by atoms with Crippen molar-refractivity contribution in [1.82, 2.24) is 20.7 Å². The Balaban J connectivity index is 1.30. The molecule has 4 aliphatic heterocycles. The Morgan fingerprint density at radius 1 is 1.33 bits per heavy atom. The van der Waals surface area contributed by atoms with Gasteiger partial charge in [0.05, 0.1) is 24.5 Å². The molecule has 2 amide bonds. The fourth-order valence-corrected chi connectivity index (χ4v) is 5.48. The molecule has 1 spiro atoms. The van der Waals surface area contributed by atoms with E-state index in [2.05, 4.69) is 29.9 Å². The van der Waals surface area contributed by atoms with Gasteiger partial charge in [-0.05, 0) is 24.8 Å². The van der Waals surface area contributed by atoms with Crippen LogP contribution < -0.4 is 10.9 Å². The monoisotopic (exact) mass is 410 g/mol. The van der Waals surface area contributed by atoms with Crippen molar-refractivity contribution in [2.45, 2.75) is 31.6 Å². The Bertz CT molecular complexity index is 881. The van der Waals surface area contributed by atoms with E-state index in [-0.39, 0.29) is 17.9 Å². The number of amides is 2. The Hall–Kier alpha value is -2.22. The van der Waals surface area contributed by atoms with E-state index in [1.165, 1.54) is 5.56 Å². The molecule has 160 valence electrons. The van der Waals surface area contributed by atoms with Gasteiger partial charge in [0.15, 0.2) is 0 Å². The topological polar surface area (TPSA) is 73.9 Å². The van der Waals surface area contributed by atoms with Gasteiger partial charge in [-0.25, -0.2) is 0 Å². The summed E-state index contributed by atoms with van der Waals surface area (Å²) in [4.78, 5) is 30.4. The number of rotatable bonds is 6. The number of hydrazine groups is 1. The highest BCUT2D eigenvalue weighted by Gasteiger charge is 2.67. The molecular formula is C23H30N4O3. The fraction of sp³-hybridized carbons (Fsp3) is 0.565.